The highest BCUT2D eigenvalue weighted by molar-refractivity contribution is 5.87. The minimum Gasteiger partial charge on any atom is -0.457 e. The SMILES string of the molecule is COC(=O)Nc1ccc(Oc2ccc(NC(=O)OC)cc2)cc1.COC(=O)Nc1ccccc1CCc1ccccc1NC(=O)OC. The van der Waals surface area contributed by atoms with Gasteiger partial charge in [0.15, 0.2) is 0 Å². The van der Waals surface area contributed by atoms with Crippen molar-refractivity contribution in [1.82, 2.24) is 0 Å². The zero-order valence-electron chi connectivity index (χ0n) is 26.3. The molecule has 0 heterocycles. The number of nitrogens with one attached hydrogen (secondary N) is 4. The Morgan fingerprint density at radius 2 is 0.766 bits per heavy atom. The molecule has 4 aromatic rings. The van der Waals surface area contributed by atoms with Gasteiger partial charge >= 0.3 is 24.4 Å². The number of amides is 4. The Balaban J connectivity index is 0.000000256. The number of methoxy groups -OCH3 is 4. The number of anilines is 4. The minimum atomic E-state index is -0.535. The lowest BCUT2D eigenvalue weighted by molar-refractivity contribution is 0.186. The molecule has 0 saturated carbocycles. The van der Waals surface area contributed by atoms with Gasteiger partial charge in [0, 0.05) is 22.7 Å². The number of para-hydroxylation sites is 2. The molecule has 0 aliphatic rings. The highest BCUT2D eigenvalue weighted by Gasteiger charge is 2.10. The van der Waals surface area contributed by atoms with Crippen LogP contribution < -0.4 is 26.0 Å². The van der Waals surface area contributed by atoms with E-state index in [-0.39, 0.29) is 0 Å². The molecule has 47 heavy (non-hydrogen) atoms. The Kier molecular flexibility index (Phi) is 13.9. The Labute approximate surface area is 272 Å². The Morgan fingerprint density at radius 1 is 0.447 bits per heavy atom. The zero-order valence-corrected chi connectivity index (χ0v) is 26.3. The van der Waals surface area contributed by atoms with Crippen molar-refractivity contribution in [2.45, 2.75) is 12.8 Å². The molecule has 13 nitrogen and oxygen atoms in total. The number of ether oxygens (including phenoxy) is 5. The number of carbonyl (C=O) groups excluding carboxylic acids is 4. The van der Waals surface area contributed by atoms with Crippen LogP contribution in [0, 0.1) is 0 Å². The molecule has 0 saturated heterocycles. The van der Waals surface area contributed by atoms with Crippen LogP contribution in [-0.4, -0.2) is 52.8 Å². The maximum atomic E-state index is 11.4. The fourth-order valence-electron chi connectivity index (χ4n) is 4.00. The van der Waals surface area contributed by atoms with Crippen molar-refractivity contribution in [3.63, 3.8) is 0 Å². The summed E-state index contributed by atoms with van der Waals surface area (Å²) in [5.74, 6) is 1.21. The first-order valence-electron chi connectivity index (χ1n) is 14.2. The fraction of sp³-hybridized carbons (Fsp3) is 0.176. The van der Waals surface area contributed by atoms with Gasteiger partial charge in [-0.05, 0) is 84.6 Å². The normalized spacial score (nSPS) is 9.79. The third-order valence-electron chi connectivity index (χ3n) is 6.35. The summed E-state index contributed by atoms with van der Waals surface area (Å²) in [5.41, 5.74) is 4.58. The van der Waals surface area contributed by atoms with E-state index in [2.05, 4.69) is 40.2 Å². The summed E-state index contributed by atoms with van der Waals surface area (Å²) in [6, 6.07) is 28.7. The molecule has 0 atom stereocenters. The number of aryl methyl sites for hydroxylation is 2. The van der Waals surface area contributed by atoms with Crippen molar-refractivity contribution in [2.24, 2.45) is 0 Å². The fourth-order valence-corrected chi connectivity index (χ4v) is 4.00. The second-order valence-electron chi connectivity index (χ2n) is 9.43. The van der Waals surface area contributed by atoms with Crippen LogP contribution in [0.3, 0.4) is 0 Å². The van der Waals surface area contributed by atoms with Crippen LogP contribution in [0.15, 0.2) is 97.1 Å². The molecule has 0 unspecified atom stereocenters. The molecule has 4 aromatic carbocycles. The predicted molar refractivity (Wildman–Crippen MR) is 177 cm³/mol. The van der Waals surface area contributed by atoms with Crippen molar-refractivity contribution >= 4 is 47.1 Å². The van der Waals surface area contributed by atoms with Gasteiger partial charge in [-0.15, -0.1) is 0 Å². The average molecular weight is 645 g/mol. The van der Waals surface area contributed by atoms with E-state index in [4.69, 9.17) is 4.74 Å². The molecule has 0 fully saturated rings. The lowest BCUT2D eigenvalue weighted by Crippen LogP contribution is -2.14. The summed E-state index contributed by atoms with van der Waals surface area (Å²) >= 11 is 0. The van der Waals surface area contributed by atoms with Crippen LogP contribution in [0.5, 0.6) is 11.5 Å². The van der Waals surface area contributed by atoms with Crippen LogP contribution in [0.4, 0.5) is 41.9 Å². The van der Waals surface area contributed by atoms with E-state index in [1.165, 1.54) is 28.4 Å². The van der Waals surface area contributed by atoms with E-state index in [0.717, 1.165) is 11.1 Å². The van der Waals surface area contributed by atoms with E-state index in [1.807, 2.05) is 48.5 Å². The molecule has 0 aliphatic heterocycles. The van der Waals surface area contributed by atoms with Gasteiger partial charge in [0.1, 0.15) is 11.5 Å². The van der Waals surface area contributed by atoms with Gasteiger partial charge in [-0.3, -0.25) is 21.3 Å². The lowest BCUT2D eigenvalue weighted by atomic mass is 10.0. The molecule has 4 N–H and O–H groups in total. The Morgan fingerprint density at radius 3 is 1.11 bits per heavy atom. The number of carbonyl (C=O) groups is 4. The molecular weight excluding hydrogens is 608 g/mol. The van der Waals surface area contributed by atoms with E-state index in [1.54, 1.807) is 48.5 Å². The Hall–Kier alpha value is -6.24. The molecule has 0 spiro atoms. The molecule has 0 radical (unpaired) electrons. The topological polar surface area (TPSA) is 163 Å². The molecule has 13 heteroatoms. The third-order valence-corrected chi connectivity index (χ3v) is 6.35. The van der Waals surface area contributed by atoms with Crippen molar-refractivity contribution in [2.75, 3.05) is 49.7 Å². The van der Waals surface area contributed by atoms with E-state index < -0.39 is 24.4 Å². The molecular formula is C34H36N4O9. The van der Waals surface area contributed by atoms with Crippen LogP contribution in [-0.2, 0) is 31.8 Å². The van der Waals surface area contributed by atoms with Gasteiger partial charge in [-0.2, -0.15) is 0 Å². The smallest absolute Gasteiger partial charge is 0.411 e. The molecule has 0 aromatic heterocycles. The first-order chi connectivity index (χ1) is 22.7. The monoisotopic (exact) mass is 644 g/mol. The van der Waals surface area contributed by atoms with Gasteiger partial charge in [-0.1, -0.05) is 36.4 Å². The number of hydrogen-bond donors (Lipinski definition) is 4. The van der Waals surface area contributed by atoms with E-state index in [0.29, 0.717) is 47.1 Å². The average Bonchev–Trinajstić information content (AvgIpc) is 3.10. The van der Waals surface area contributed by atoms with Crippen molar-refractivity contribution in [3.8, 4) is 11.5 Å². The lowest BCUT2D eigenvalue weighted by Gasteiger charge is -2.13. The van der Waals surface area contributed by atoms with Crippen molar-refractivity contribution in [3.05, 3.63) is 108 Å². The molecule has 246 valence electrons. The van der Waals surface area contributed by atoms with Crippen LogP contribution in [0.2, 0.25) is 0 Å². The quantitative estimate of drug-likeness (QED) is 0.134. The number of rotatable bonds is 9. The second-order valence-corrected chi connectivity index (χ2v) is 9.43. The molecule has 4 rings (SSSR count). The van der Waals surface area contributed by atoms with Gasteiger partial charge in [0.2, 0.25) is 0 Å². The van der Waals surface area contributed by atoms with E-state index >= 15 is 0 Å². The van der Waals surface area contributed by atoms with Gasteiger partial charge in [-0.25, -0.2) is 19.2 Å². The largest absolute Gasteiger partial charge is 0.457 e. The summed E-state index contributed by atoms with van der Waals surface area (Å²) in [7, 11) is 5.25. The molecule has 0 bridgehead atoms. The summed E-state index contributed by atoms with van der Waals surface area (Å²) in [6.07, 6.45) is -0.690. The van der Waals surface area contributed by atoms with Crippen molar-refractivity contribution < 1.29 is 42.9 Å². The minimum absolute atomic E-state index is 0.504. The standard InChI is InChI=1S/C18H20N2O4.C16H16N2O5/c1-23-17(21)19-15-9-5-3-7-13(15)11-12-14-8-4-6-10-16(14)20-18(22)24-2;1-21-15(19)17-11-3-7-13(8-4-11)23-14-9-5-12(6-10-14)18-16(20)22-2/h3-10H,11-12H2,1-2H3,(H,19,21)(H,20,22);3-10H,1-2H3,(H,17,19)(H,18,20). The van der Waals surface area contributed by atoms with Crippen LogP contribution in [0.25, 0.3) is 0 Å². The second kappa shape index (κ2) is 18.5. The zero-order chi connectivity index (χ0) is 34.0. The predicted octanol–water partition coefficient (Wildman–Crippen LogP) is 7.66. The molecule has 0 aliphatic carbocycles. The van der Waals surface area contributed by atoms with Crippen LogP contribution in [0.1, 0.15) is 11.1 Å². The number of benzene rings is 4. The summed E-state index contributed by atoms with van der Waals surface area (Å²) < 4.78 is 23.9. The van der Waals surface area contributed by atoms with E-state index in [9.17, 15) is 19.2 Å². The summed E-state index contributed by atoms with van der Waals surface area (Å²) in [6.45, 7) is 0. The van der Waals surface area contributed by atoms with Gasteiger partial charge < -0.3 is 23.7 Å². The highest BCUT2D eigenvalue weighted by Crippen LogP contribution is 2.25. The maximum Gasteiger partial charge on any atom is 0.411 e. The first kappa shape index (κ1) is 35.2. The third kappa shape index (κ3) is 12.0. The van der Waals surface area contributed by atoms with Crippen LogP contribution >= 0.6 is 0 Å². The number of hydrogen-bond acceptors (Lipinski definition) is 9. The maximum absolute atomic E-state index is 11.4. The summed E-state index contributed by atoms with van der Waals surface area (Å²) in [5, 5.41) is 10.5. The first-order valence-corrected chi connectivity index (χ1v) is 14.2. The summed E-state index contributed by atoms with van der Waals surface area (Å²) in [4.78, 5) is 45.0. The Bertz CT molecular complexity index is 1510. The molecule has 4 amide bonds. The van der Waals surface area contributed by atoms with Crippen molar-refractivity contribution in [1.29, 1.82) is 0 Å². The van der Waals surface area contributed by atoms with Gasteiger partial charge in [0.05, 0.1) is 28.4 Å². The highest BCUT2D eigenvalue weighted by atomic mass is 16.5. The van der Waals surface area contributed by atoms with Gasteiger partial charge in [0.25, 0.3) is 0 Å².